The molecule has 2 heterocycles. The van der Waals surface area contributed by atoms with Crippen LogP contribution < -0.4 is 26.5 Å². The van der Waals surface area contributed by atoms with Crippen LogP contribution in [0.3, 0.4) is 0 Å². The van der Waals surface area contributed by atoms with E-state index in [2.05, 4.69) is 0 Å². The number of nitrogens with two attached hydrogens (primary N) is 1. The van der Waals surface area contributed by atoms with Gasteiger partial charge in [0, 0.05) is 25.2 Å². The van der Waals surface area contributed by atoms with Crippen LogP contribution >= 0.6 is 0 Å². The van der Waals surface area contributed by atoms with E-state index in [4.69, 9.17) is 24.7 Å². The Hall–Kier alpha value is -4.22. The number of rotatable bonds is 15. The molecule has 1 saturated heterocycles. The zero-order valence-corrected chi connectivity index (χ0v) is 26.4. The molecule has 3 atom stereocenters. The molecule has 46 heavy (non-hydrogen) atoms. The highest BCUT2D eigenvalue weighted by atomic mass is 16.6. The Morgan fingerprint density at radius 3 is 2.00 bits per heavy atom. The minimum atomic E-state index is -1.09. The van der Waals surface area contributed by atoms with Crippen molar-refractivity contribution in [3.05, 3.63) is 129 Å². The van der Waals surface area contributed by atoms with E-state index in [-0.39, 0.29) is 18.6 Å². The Kier molecular flexibility index (Phi) is 11.1. The normalized spacial score (nSPS) is 18.0. The van der Waals surface area contributed by atoms with Gasteiger partial charge in [0.1, 0.15) is 29.4 Å². The third-order valence-corrected chi connectivity index (χ3v) is 8.58. The highest BCUT2D eigenvalue weighted by Gasteiger charge is 2.42. The van der Waals surface area contributed by atoms with Gasteiger partial charge >= 0.3 is 5.69 Å². The first-order valence-electron chi connectivity index (χ1n) is 15.8. The lowest BCUT2D eigenvalue weighted by molar-refractivity contribution is -0.0946. The first kappa shape index (κ1) is 33.2. The molecule has 10 heteroatoms. The topological polar surface area (TPSA) is 127 Å². The summed E-state index contributed by atoms with van der Waals surface area (Å²) in [5, 5.41) is 11.2. The summed E-state index contributed by atoms with van der Waals surface area (Å²) in [5.74, 6) is 1.42. The first-order chi connectivity index (χ1) is 22.4. The van der Waals surface area contributed by atoms with Gasteiger partial charge in [-0.05, 0) is 60.3 Å². The van der Waals surface area contributed by atoms with Crippen LogP contribution in [0, 0.1) is 0 Å². The number of ether oxygens (including phenoxy) is 4. The average Bonchev–Trinajstić information content (AvgIpc) is 3.46. The first-order valence-corrected chi connectivity index (χ1v) is 15.8. The molecule has 4 aromatic rings. The molecule has 1 unspecified atom stereocenters. The predicted molar refractivity (Wildman–Crippen MR) is 175 cm³/mol. The van der Waals surface area contributed by atoms with Crippen molar-refractivity contribution >= 4 is 0 Å². The summed E-state index contributed by atoms with van der Waals surface area (Å²) in [5.41, 5.74) is 6.25. The summed E-state index contributed by atoms with van der Waals surface area (Å²) in [4.78, 5) is 25.9. The molecule has 1 fully saturated rings. The Morgan fingerprint density at radius 1 is 0.826 bits per heavy atom. The van der Waals surface area contributed by atoms with E-state index in [1.54, 1.807) is 14.2 Å². The third kappa shape index (κ3) is 7.10. The van der Waals surface area contributed by atoms with Gasteiger partial charge in [-0.1, -0.05) is 67.4 Å². The molecule has 0 radical (unpaired) electrons. The highest BCUT2D eigenvalue weighted by molar-refractivity contribution is 5.49. The number of unbranched alkanes of at least 4 members (excludes halogenated alkanes) is 3. The second kappa shape index (κ2) is 15.4. The van der Waals surface area contributed by atoms with Gasteiger partial charge in [-0.25, -0.2) is 4.79 Å². The summed E-state index contributed by atoms with van der Waals surface area (Å²) in [6.07, 6.45) is 2.64. The summed E-state index contributed by atoms with van der Waals surface area (Å²) >= 11 is 0. The van der Waals surface area contributed by atoms with E-state index in [1.807, 2.05) is 78.9 Å². The number of aliphatic hydroxyl groups excluding tert-OH is 1. The Morgan fingerprint density at radius 2 is 1.41 bits per heavy atom. The van der Waals surface area contributed by atoms with Crippen LogP contribution in [0.4, 0.5) is 0 Å². The maximum absolute atomic E-state index is 13.4. The van der Waals surface area contributed by atoms with Gasteiger partial charge in [-0.15, -0.1) is 0 Å². The summed E-state index contributed by atoms with van der Waals surface area (Å²) in [6.45, 7) is 0.950. The van der Waals surface area contributed by atoms with Gasteiger partial charge in [0.2, 0.25) is 0 Å². The van der Waals surface area contributed by atoms with Gasteiger partial charge in [0.15, 0.2) is 0 Å². The monoisotopic (exact) mass is 629 g/mol. The van der Waals surface area contributed by atoms with Crippen molar-refractivity contribution in [3.8, 4) is 11.5 Å². The van der Waals surface area contributed by atoms with E-state index in [0.717, 1.165) is 36.0 Å². The van der Waals surface area contributed by atoms with Crippen molar-refractivity contribution in [1.82, 2.24) is 9.13 Å². The second-order valence-electron chi connectivity index (χ2n) is 11.4. The average molecular weight is 630 g/mol. The van der Waals surface area contributed by atoms with Crippen molar-refractivity contribution in [2.24, 2.45) is 5.73 Å². The van der Waals surface area contributed by atoms with Crippen LogP contribution in [0.2, 0.25) is 0 Å². The molecular weight excluding hydrogens is 586 g/mol. The smallest absolute Gasteiger partial charge is 0.333 e. The predicted octanol–water partition coefficient (Wildman–Crippen LogP) is 4.20. The molecule has 0 aliphatic carbocycles. The van der Waals surface area contributed by atoms with Gasteiger partial charge in [0.25, 0.3) is 5.56 Å². The van der Waals surface area contributed by atoms with Crippen LogP contribution in [0.5, 0.6) is 11.5 Å². The van der Waals surface area contributed by atoms with Gasteiger partial charge in [-0.3, -0.25) is 13.9 Å². The van der Waals surface area contributed by atoms with Crippen molar-refractivity contribution in [2.45, 2.75) is 62.7 Å². The van der Waals surface area contributed by atoms with E-state index in [0.29, 0.717) is 31.0 Å². The number of nitrogens with zero attached hydrogens (tertiary/aromatic N) is 2. The zero-order chi connectivity index (χ0) is 32.5. The standard InChI is InChI=1S/C36H43N3O7/c1-43-29-16-12-27(13-17-29)36(26-10-6-5-7-11-26,28-14-18-30(44-2)19-15-28)45-25-32-31(40)24-34(46-32)39-23-20-33(41)38(35(39)42)22-9-4-3-8-21-37/h5-7,10-20,23,31-32,34,40H,3-4,8-9,21-22,24-25,37H2,1-2H3/t31?,32-,34-/m0/s1. The Balaban J connectivity index is 1.44. The molecule has 244 valence electrons. The molecule has 10 nitrogen and oxygen atoms in total. The quantitative estimate of drug-likeness (QED) is 0.148. The van der Waals surface area contributed by atoms with Gasteiger partial charge in [0.05, 0.1) is 26.9 Å². The molecule has 3 N–H and O–H groups in total. The second-order valence-corrected chi connectivity index (χ2v) is 11.4. The summed E-state index contributed by atoms with van der Waals surface area (Å²) in [7, 11) is 3.24. The molecule has 5 rings (SSSR count). The van der Waals surface area contributed by atoms with Crippen molar-refractivity contribution < 1.29 is 24.1 Å². The molecular formula is C36H43N3O7. The number of aliphatic hydroxyl groups is 1. The third-order valence-electron chi connectivity index (χ3n) is 8.58. The molecule has 1 aliphatic heterocycles. The Bertz CT molecular complexity index is 1610. The van der Waals surface area contributed by atoms with Gasteiger partial charge < -0.3 is 29.8 Å². The molecule has 0 spiro atoms. The van der Waals surface area contributed by atoms with Crippen LogP contribution in [0.15, 0.2) is 101 Å². The SMILES string of the molecule is COc1ccc(C(OC[C@@H]2O[C@H](n3ccc(=O)n(CCCCCCN)c3=O)CC2O)(c2ccccc2)c2ccc(OC)cc2)cc1. The Labute approximate surface area is 268 Å². The van der Waals surface area contributed by atoms with E-state index < -0.39 is 29.7 Å². The molecule has 1 aromatic heterocycles. The summed E-state index contributed by atoms with van der Waals surface area (Å²) < 4.78 is 26.7. The number of aromatic nitrogens is 2. The number of hydrogen-bond donors (Lipinski definition) is 2. The number of methoxy groups -OCH3 is 2. The van der Waals surface area contributed by atoms with Crippen LogP contribution in [0.1, 0.15) is 55.0 Å². The van der Waals surface area contributed by atoms with Crippen molar-refractivity contribution in [3.63, 3.8) is 0 Å². The van der Waals surface area contributed by atoms with E-state index in [1.165, 1.54) is 21.4 Å². The van der Waals surface area contributed by atoms with Crippen LogP contribution in [-0.2, 0) is 21.6 Å². The van der Waals surface area contributed by atoms with Crippen molar-refractivity contribution in [2.75, 3.05) is 27.4 Å². The summed E-state index contributed by atoms with van der Waals surface area (Å²) in [6, 6.07) is 26.6. The minimum absolute atomic E-state index is 0.0140. The van der Waals surface area contributed by atoms with Crippen LogP contribution in [-0.4, -0.2) is 53.8 Å². The molecule has 0 bridgehead atoms. The van der Waals surface area contributed by atoms with Crippen LogP contribution in [0.25, 0.3) is 0 Å². The number of benzene rings is 3. The molecule has 3 aromatic carbocycles. The fourth-order valence-corrected chi connectivity index (χ4v) is 6.04. The lowest BCUT2D eigenvalue weighted by atomic mass is 9.80. The van der Waals surface area contributed by atoms with Crippen molar-refractivity contribution in [1.29, 1.82) is 0 Å². The lowest BCUT2D eigenvalue weighted by Crippen LogP contribution is -2.40. The lowest BCUT2D eigenvalue weighted by Gasteiger charge is -2.37. The maximum Gasteiger partial charge on any atom is 0.333 e. The zero-order valence-electron chi connectivity index (χ0n) is 26.4. The van der Waals surface area contributed by atoms with Gasteiger partial charge in [-0.2, -0.15) is 0 Å². The largest absolute Gasteiger partial charge is 0.497 e. The number of hydrogen-bond acceptors (Lipinski definition) is 8. The minimum Gasteiger partial charge on any atom is -0.497 e. The molecule has 1 aliphatic rings. The molecule has 0 amide bonds. The van der Waals surface area contributed by atoms with E-state index in [9.17, 15) is 14.7 Å². The fourth-order valence-electron chi connectivity index (χ4n) is 6.04. The maximum atomic E-state index is 13.4. The highest BCUT2D eigenvalue weighted by Crippen LogP contribution is 2.42. The van der Waals surface area contributed by atoms with E-state index >= 15 is 0 Å². The fraction of sp³-hybridized carbons (Fsp3) is 0.389. The molecule has 0 saturated carbocycles.